The zero-order valence-electron chi connectivity index (χ0n) is 8.55. The molecule has 1 aromatic carbocycles. The van der Waals surface area contributed by atoms with E-state index in [4.69, 9.17) is 23.1 Å². The fourth-order valence-corrected chi connectivity index (χ4v) is 2.44. The average molecular weight is 292 g/mol. The maximum atomic E-state index is 6.07. The Morgan fingerprint density at radius 3 is 2.67 bits per heavy atom. The van der Waals surface area contributed by atoms with Crippen LogP contribution in [0.1, 0.15) is 30.9 Å². The van der Waals surface area contributed by atoms with Gasteiger partial charge in [0, 0.05) is 15.5 Å². The predicted octanol–water partition coefficient (Wildman–Crippen LogP) is 3.23. The Kier molecular flexibility index (Phi) is 5.61. The summed E-state index contributed by atoms with van der Waals surface area (Å²) < 4.78 is 0.982. The molecule has 0 bridgehead atoms. The van der Waals surface area contributed by atoms with Crippen molar-refractivity contribution in [1.29, 1.82) is 0 Å². The minimum atomic E-state index is 0.0585. The Balaban J connectivity index is 2.61. The van der Waals surface area contributed by atoms with Crippen LogP contribution in [-0.2, 0) is 0 Å². The largest absolute Gasteiger partial charge is 0.330 e. The lowest BCUT2D eigenvalue weighted by Crippen LogP contribution is -2.11. The molecule has 0 fully saturated rings. The lowest BCUT2D eigenvalue weighted by atomic mass is 10.0. The third-order valence-corrected chi connectivity index (χ3v) is 3.25. The van der Waals surface area contributed by atoms with Crippen LogP contribution in [0.15, 0.2) is 22.7 Å². The summed E-state index contributed by atoms with van der Waals surface area (Å²) in [6.45, 7) is 0.731. The van der Waals surface area contributed by atoms with Crippen LogP contribution < -0.4 is 11.5 Å². The van der Waals surface area contributed by atoms with Crippen molar-refractivity contribution in [3.8, 4) is 0 Å². The Labute approximate surface area is 104 Å². The molecule has 0 aliphatic rings. The van der Waals surface area contributed by atoms with Crippen molar-refractivity contribution >= 4 is 27.5 Å². The third kappa shape index (κ3) is 4.11. The van der Waals surface area contributed by atoms with Gasteiger partial charge < -0.3 is 11.5 Å². The summed E-state index contributed by atoms with van der Waals surface area (Å²) in [6.07, 6.45) is 3.04. The minimum absolute atomic E-state index is 0.0585. The first-order valence-electron chi connectivity index (χ1n) is 5.05. The third-order valence-electron chi connectivity index (χ3n) is 2.33. The van der Waals surface area contributed by atoms with Crippen LogP contribution in [0, 0.1) is 0 Å². The van der Waals surface area contributed by atoms with Gasteiger partial charge in [-0.3, -0.25) is 0 Å². The van der Waals surface area contributed by atoms with Crippen LogP contribution >= 0.6 is 27.5 Å². The molecule has 84 valence electrons. The molecule has 1 rings (SSSR count). The molecule has 4 heteroatoms. The van der Waals surface area contributed by atoms with E-state index in [0.29, 0.717) is 0 Å². The highest BCUT2D eigenvalue weighted by molar-refractivity contribution is 9.10. The van der Waals surface area contributed by atoms with Crippen LogP contribution in [0.3, 0.4) is 0 Å². The number of hydrogen-bond donors (Lipinski definition) is 2. The summed E-state index contributed by atoms with van der Waals surface area (Å²) in [5, 5.41) is 0.722. The van der Waals surface area contributed by atoms with Gasteiger partial charge in [-0.1, -0.05) is 40.0 Å². The molecule has 15 heavy (non-hydrogen) atoms. The maximum Gasteiger partial charge on any atom is 0.0417 e. The zero-order valence-corrected chi connectivity index (χ0v) is 10.9. The summed E-state index contributed by atoms with van der Waals surface area (Å²) in [7, 11) is 0. The van der Waals surface area contributed by atoms with Gasteiger partial charge in [-0.25, -0.2) is 0 Å². The first-order valence-corrected chi connectivity index (χ1v) is 6.23. The van der Waals surface area contributed by atoms with Gasteiger partial charge >= 0.3 is 0 Å². The van der Waals surface area contributed by atoms with Crippen molar-refractivity contribution in [2.75, 3.05) is 6.54 Å². The highest BCUT2D eigenvalue weighted by Crippen LogP contribution is 2.27. The van der Waals surface area contributed by atoms with Gasteiger partial charge in [-0.2, -0.15) is 0 Å². The number of nitrogens with two attached hydrogens (primary N) is 2. The summed E-state index contributed by atoms with van der Waals surface area (Å²) in [5.74, 6) is 0. The van der Waals surface area contributed by atoms with E-state index in [1.54, 1.807) is 0 Å². The maximum absolute atomic E-state index is 6.07. The Hall–Kier alpha value is -0.0900. The Morgan fingerprint density at radius 1 is 1.33 bits per heavy atom. The average Bonchev–Trinajstić information content (AvgIpc) is 2.17. The van der Waals surface area contributed by atoms with E-state index in [9.17, 15) is 0 Å². The van der Waals surface area contributed by atoms with Crippen LogP contribution in [0.25, 0.3) is 0 Å². The van der Waals surface area contributed by atoms with Crippen molar-refractivity contribution in [3.63, 3.8) is 0 Å². The summed E-state index contributed by atoms with van der Waals surface area (Å²) >= 11 is 9.33. The minimum Gasteiger partial charge on any atom is -0.330 e. The van der Waals surface area contributed by atoms with Crippen molar-refractivity contribution in [2.45, 2.75) is 25.3 Å². The van der Waals surface area contributed by atoms with Gasteiger partial charge in [0.15, 0.2) is 0 Å². The molecule has 0 amide bonds. The predicted molar refractivity (Wildman–Crippen MR) is 69.0 cm³/mol. The molecule has 0 aromatic heterocycles. The summed E-state index contributed by atoms with van der Waals surface area (Å²) in [6, 6.07) is 5.77. The number of halogens is 2. The molecule has 0 radical (unpaired) electrons. The van der Waals surface area contributed by atoms with Crippen molar-refractivity contribution in [3.05, 3.63) is 33.3 Å². The van der Waals surface area contributed by atoms with Crippen LogP contribution in [0.4, 0.5) is 0 Å². The molecule has 0 heterocycles. The second-order valence-electron chi connectivity index (χ2n) is 3.56. The molecular formula is C11H16BrClN2. The smallest absolute Gasteiger partial charge is 0.0417 e. The van der Waals surface area contributed by atoms with Crippen molar-refractivity contribution in [2.24, 2.45) is 11.5 Å². The van der Waals surface area contributed by atoms with E-state index < -0.39 is 0 Å². The first-order chi connectivity index (χ1) is 7.15. The molecule has 0 spiro atoms. The van der Waals surface area contributed by atoms with E-state index in [-0.39, 0.29) is 6.04 Å². The van der Waals surface area contributed by atoms with Gasteiger partial charge in [-0.15, -0.1) is 0 Å². The molecule has 0 aliphatic carbocycles. The van der Waals surface area contributed by atoms with E-state index >= 15 is 0 Å². The molecule has 1 atom stereocenters. The lowest BCUT2D eigenvalue weighted by Gasteiger charge is -2.13. The van der Waals surface area contributed by atoms with Crippen LogP contribution in [-0.4, -0.2) is 6.54 Å². The van der Waals surface area contributed by atoms with E-state index in [1.807, 2.05) is 18.2 Å². The highest BCUT2D eigenvalue weighted by Gasteiger charge is 2.09. The summed E-state index contributed by atoms with van der Waals surface area (Å²) in [5.41, 5.74) is 12.6. The molecule has 1 aromatic rings. The monoisotopic (exact) mass is 290 g/mol. The zero-order chi connectivity index (χ0) is 11.3. The van der Waals surface area contributed by atoms with Gasteiger partial charge in [-0.05, 0) is 37.1 Å². The quantitative estimate of drug-likeness (QED) is 0.818. The fraction of sp³-hybridized carbons (Fsp3) is 0.455. The van der Waals surface area contributed by atoms with E-state index in [0.717, 1.165) is 40.9 Å². The number of hydrogen-bond acceptors (Lipinski definition) is 2. The Morgan fingerprint density at radius 2 is 2.07 bits per heavy atom. The Bertz CT molecular complexity index is 317. The number of benzene rings is 1. The van der Waals surface area contributed by atoms with Crippen molar-refractivity contribution in [1.82, 2.24) is 0 Å². The topological polar surface area (TPSA) is 52.0 Å². The van der Waals surface area contributed by atoms with E-state index in [1.165, 1.54) is 0 Å². The molecule has 0 saturated carbocycles. The molecule has 0 saturated heterocycles. The standard InChI is InChI=1S/C11H16BrClN2/c12-10-7-8(13)4-5-9(10)11(15)3-1-2-6-14/h4-5,7,11H,1-3,6,14-15H2/t11-/m1/s1. The van der Waals surface area contributed by atoms with Gasteiger partial charge in [0.25, 0.3) is 0 Å². The summed E-state index contributed by atoms with van der Waals surface area (Å²) in [4.78, 5) is 0. The van der Waals surface area contributed by atoms with Crippen LogP contribution in [0.5, 0.6) is 0 Å². The first kappa shape index (κ1) is 13.0. The molecule has 0 unspecified atom stereocenters. The second kappa shape index (κ2) is 6.48. The van der Waals surface area contributed by atoms with Crippen molar-refractivity contribution < 1.29 is 0 Å². The lowest BCUT2D eigenvalue weighted by molar-refractivity contribution is 0.589. The fourth-order valence-electron chi connectivity index (χ4n) is 1.47. The SMILES string of the molecule is NCCCC[C@@H](N)c1ccc(Cl)cc1Br. The van der Waals surface area contributed by atoms with E-state index in [2.05, 4.69) is 15.9 Å². The second-order valence-corrected chi connectivity index (χ2v) is 4.85. The number of unbranched alkanes of at least 4 members (excludes halogenated alkanes) is 1. The molecular weight excluding hydrogens is 275 g/mol. The van der Waals surface area contributed by atoms with Gasteiger partial charge in [0.1, 0.15) is 0 Å². The highest BCUT2D eigenvalue weighted by atomic mass is 79.9. The molecule has 0 aliphatic heterocycles. The molecule has 4 N–H and O–H groups in total. The normalized spacial score (nSPS) is 12.8. The van der Waals surface area contributed by atoms with Gasteiger partial charge in [0.2, 0.25) is 0 Å². The van der Waals surface area contributed by atoms with Gasteiger partial charge in [0.05, 0.1) is 0 Å². The molecule has 2 nitrogen and oxygen atoms in total. The van der Waals surface area contributed by atoms with Crippen LogP contribution in [0.2, 0.25) is 5.02 Å². The number of rotatable bonds is 5.